The van der Waals surface area contributed by atoms with Crippen molar-refractivity contribution < 1.29 is 13.9 Å². The number of fused-ring (bicyclic) bond motifs is 4. The summed E-state index contributed by atoms with van der Waals surface area (Å²) in [7, 11) is 0. The number of rotatable bonds is 7. The van der Waals surface area contributed by atoms with Crippen LogP contribution in [0.4, 0.5) is 0 Å². The fraction of sp³-hybridized carbons (Fsp3) is 0.423. The van der Waals surface area contributed by atoms with E-state index in [1.54, 1.807) is 0 Å². The number of aryl methyl sites for hydroxylation is 1. The van der Waals surface area contributed by atoms with Crippen molar-refractivity contribution in [3.05, 3.63) is 64.4 Å². The molecule has 0 aliphatic heterocycles. The average molecular weight is 406 g/mol. The Kier molecular flexibility index (Phi) is 5.46. The zero-order chi connectivity index (χ0) is 21.5. The summed E-state index contributed by atoms with van der Waals surface area (Å²) >= 11 is 0. The zero-order valence-corrected chi connectivity index (χ0v) is 18.7. The van der Waals surface area contributed by atoms with Crippen LogP contribution in [0.15, 0.2) is 40.8 Å². The van der Waals surface area contributed by atoms with Crippen molar-refractivity contribution in [3.63, 3.8) is 0 Å². The molecule has 1 aromatic heterocycles. The topological polar surface area (TPSA) is 42.7 Å². The van der Waals surface area contributed by atoms with E-state index in [4.69, 9.17) is 9.15 Å². The molecule has 1 heterocycles. The molecule has 0 amide bonds. The lowest BCUT2D eigenvalue weighted by Crippen LogP contribution is -2.30. The average Bonchev–Trinajstić information content (AvgIpc) is 3.15. The number of nitrogens with zero attached hydrogens (tertiary/aromatic N) is 1. The minimum atomic E-state index is -0.414. The molecular weight excluding hydrogens is 374 g/mol. The van der Waals surface area contributed by atoms with Gasteiger partial charge in [-0.25, -0.2) is 0 Å². The molecule has 0 saturated heterocycles. The van der Waals surface area contributed by atoms with Gasteiger partial charge in [-0.1, -0.05) is 32.9 Å². The van der Waals surface area contributed by atoms with Crippen molar-refractivity contribution in [3.8, 4) is 5.75 Å². The standard InChI is InChI=1S/C26H31NO3/c1-6-17-9-11-20-22(15-17)30-25-23(20)24(28)19-12-10-18(16-21(19)26(25,4)5)29-14-13-27(7-2)8-3/h9-12,15-16H,6-8,13-14H2,1-5H3. The zero-order valence-electron chi connectivity index (χ0n) is 18.7. The molecule has 0 fully saturated rings. The minimum Gasteiger partial charge on any atom is -0.492 e. The summed E-state index contributed by atoms with van der Waals surface area (Å²) in [6, 6.07) is 12.0. The number of furan rings is 1. The van der Waals surface area contributed by atoms with Crippen LogP contribution in [0.2, 0.25) is 0 Å². The first-order chi connectivity index (χ1) is 14.4. The molecule has 3 aromatic rings. The van der Waals surface area contributed by atoms with Gasteiger partial charge in [0.15, 0.2) is 5.78 Å². The van der Waals surface area contributed by atoms with Gasteiger partial charge in [-0.05, 0) is 68.8 Å². The van der Waals surface area contributed by atoms with E-state index in [-0.39, 0.29) is 5.78 Å². The molecule has 0 unspecified atom stereocenters. The van der Waals surface area contributed by atoms with Crippen LogP contribution < -0.4 is 4.74 Å². The first-order valence-electron chi connectivity index (χ1n) is 11.0. The van der Waals surface area contributed by atoms with Gasteiger partial charge in [0.05, 0.1) is 5.56 Å². The number of hydrogen-bond donors (Lipinski definition) is 0. The van der Waals surface area contributed by atoms with Gasteiger partial charge in [0, 0.05) is 22.9 Å². The van der Waals surface area contributed by atoms with Crippen LogP contribution >= 0.6 is 0 Å². The molecule has 4 rings (SSSR count). The Hall–Kier alpha value is -2.59. The molecule has 2 aromatic carbocycles. The summed E-state index contributed by atoms with van der Waals surface area (Å²) in [6.07, 6.45) is 0.938. The molecular formula is C26H31NO3. The number of likely N-dealkylation sites (N-methyl/N-ethyl adjacent to an activating group) is 1. The Morgan fingerprint density at radius 1 is 1.03 bits per heavy atom. The van der Waals surface area contributed by atoms with E-state index in [1.165, 1.54) is 5.56 Å². The van der Waals surface area contributed by atoms with Crippen molar-refractivity contribution in [1.82, 2.24) is 4.90 Å². The van der Waals surface area contributed by atoms with E-state index < -0.39 is 5.41 Å². The summed E-state index contributed by atoms with van der Waals surface area (Å²) in [5, 5.41) is 0.908. The van der Waals surface area contributed by atoms with Gasteiger partial charge in [-0.3, -0.25) is 4.79 Å². The number of ketones is 1. The van der Waals surface area contributed by atoms with Crippen LogP contribution in [-0.4, -0.2) is 36.9 Å². The van der Waals surface area contributed by atoms with Gasteiger partial charge in [-0.15, -0.1) is 0 Å². The predicted molar refractivity (Wildman–Crippen MR) is 121 cm³/mol. The van der Waals surface area contributed by atoms with E-state index in [2.05, 4.69) is 51.7 Å². The van der Waals surface area contributed by atoms with Gasteiger partial charge in [0.1, 0.15) is 23.7 Å². The second kappa shape index (κ2) is 7.92. The van der Waals surface area contributed by atoms with Gasteiger partial charge in [0.2, 0.25) is 0 Å². The van der Waals surface area contributed by atoms with Crippen LogP contribution in [0, 0.1) is 0 Å². The van der Waals surface area contributed by atoms with Gasteiger partial charge < -0.3 is 14.1 Å². The molecule has 0 bridgehead atoms. The fourth-order valence-electron chi connectivity index (χ4n) is 4.44. The quantitative estimate of drug-likeness (QED) is 0.514. The molecule has 30 heavy (non-hydrogen) atoms. The Morgan fingerprint density at radius 2 is 1.80 bits per heavy atom. The molecule has 4 heteroatoms. The Bertz CT molecular complexity index is 1090. The fourth-order valence-corrected chi connectivity index (χ4v) is 4.44. The maximum Gasteiger partial charge on any atom is 0.197 e. The highest BCUT2D eigenvalue weighted by Crippen LogP contribution is 2.46. The van der Waals surface area contributed by atoms with Crippen LogP contribution in [0.3, 0.4) is 0 Å². The Morgan fingerprint density at radius 3 is 2.50 bits per heavy atom. The number of ether oxygens (including phenoxy) is 1. The smallest absolute Gasteiger partial charge is 0.197 e. The molecule has 0 radical (unpaired) electrons. The lowest BCUT2D eigenvalue weighted by molar-refractivity contribution is 0.102. The maximum absolute atomic E-state index is 13.4. The SMILES string of the molecule is CCc1ccc2c3c(oc2c1)C(C)(C)c1cc(OCCN(CC)CC)ccc1C3=O. The lowest BCUT2D eigenvalue weighted by atomic mass is 9.71. The van der Waals surface area contributed by atoms with Gasteiger partial charge in [-0.2, -0.15) is 0 Å². The minimum absolute atomic E-state index is 0.0389. The van der Waals surface area contributed by atoms with Crippen molar-refractivity contribution >= 4 is 16.8 Å². The largest absolute Gasteiger partial charge is 0.492 e. The van der Waals surface area contributed by atoms with E-state index in [1.807, 2.05) is 24.3 Å². The second-order valence-corrected chi connectivity index (χ2v) is 8.53. The number of hydrogen-bond acceptors (Lipinski definition) is 4. The van der Waals surface area contributed by atoms with Crippen molar-refractivity contribution in [2.45, 2.75) is 46.5 Å². The van der Waals surface area contributed by atoms with E-state index in [0.717, 1.165) is 59.7 Å². The Labute approximate surface area is 178 Å². The Balaban J connectivity index is 1.70. The first-order valence-corrected chi connectivity index (χ1v) is 11.0. The van der Waals surface area contributed by atoms with Gasteiger partial charge >= 0.3 is 0 Å². The van der Waals surface area contributed by atoms with Crippen LogP contribution in [-0.2, 0) is 11.8 Å². The number of benzene rings is 2. The molecule has 1 aliphatic rings. The first kappa shape index (κ1) is 20.7. The molecule has 0 spiro atoms. The van der Waals surface area contributed by atoms with Crippen LogP contribution in [0.1, 0.15) is 67.4 Å². The van der Waals surface area contributed by atoms with Crippen LogP contribution in [0.5, 0.6) is 5.75 Å². The monoisotopic (exact) mass is 405 g/mol. The highest BCUT2D eigenvalue weighted by Gasteiger charge is 2.41. The molecule has 158 valence electrons. The summed E-state index contributed by atoms with van der Waals surface area (Å²) < 4.78 is 12.3. The van der Waals surface area contributed by atoms with E-state index in [9.17, 15) is 4.79 Å². The van der Waals surface area contributed by atoms with E-state index in [0.29, 0.717) is 12.2 Å². The third-order valence-corrected chi connectivity index (χ3v) is 6.44. The van der Waals surface area contributed by atoms with Crippen molar-refractivity contribution in [1.29, 1.82) is 0 Å². The normalized spacial score (nSPS) is 14.8. The molecule has 0 saturated carbocycles. The third-order valence-electron chi connectivity index (χ3n) is 6.44. The van der Waals surface area contributed by atoms with Gasteiger partial charge in [0.25, 0.3) is 0 Å². The third kappa shape index (κ3) is 3.33. The summed E-state index contributed by atoms with van der Waals surface area (Å²) in [4.78, 5) is 15.7. The molecule has 4 nitrogen and oxygen atoms in total. The summed E-state index contributed by atoms with van der Waals surface area (Å²) in [6.45, 7) is 14.2. The van der Waals surface area contributed by atoms with Crippen LogP contribution in [0.25, 0.3) is 11.0 Å². The number of carbonyl (C=O) groups is 1. The summed E-state index contributed by atoms with van der Waals surface area (Å²) in [5.41, 5.74) is 4.01. The van der Waals surface area contributed by atoms with Crippen molar-refractivity contribution in [2.75, 3.05) is 26.2 Å². The lowest BCUT2D eigenvalue weighted by Gasteiger charge is -2.31. The van der Waals surface area contributed by atoms with Crippen molar-refractivity contribution in [2.24, 2.45) is 0 Å². The molecule has 1 aliphatic carbocycles. The second-order valence-electron chi connectivity index (χ2n) is 8.53. The molecule has 0 N–H and O–H groups in total. The highest BCUT2D eigenvalue weighted by atomic mass is 16.5. The predicted octanol–water partition coefficient (Wildman–Crippen LogP) is 5.59. The molecule has 0 atom stereocenters. The van der Waals surface area contributed by atoms with E-state index >= 15 is 0 Å². The maximum atomic E-state index is 13.4. The highest BCUT2D eigenvalue weighted by molar-refractivity contribution is 6.19. The number of carbonyl (C=O) groups excluding carboxylic acids is 1. The summed E-state index contributed by atoms with van der Waals surface area (Å²) in [5.74, 6) is 1.59.